The van der Waals surface area contributed by atoms with Crippen LogP contribution in [0.5, 0.6) is 0 Å². The molecule has 3 atom stereocenters. The molecule has 0 saturated carbocycles. The van der Waals surface area contributed by atoms with Crippen LogP contribution in [0.15, 0.2) is 85.7 Å². The smallest absolute Gasteiger partial charge is 0.254 e. The molecule has 6 aliphatic heterocycles. The van der Waals surface area contributed by atoms with E-state index in [1.807, 2.05) is 65.8 Å². The molecule has 2 aromatic carbocycles. The average molecular weight is 886 g/mol. The van der Waals surface area contributed by atoms with Crippen LogP contribution in [0.25, 0.3) is 16.9 Å². The topological polar surface area (TPSA) is 186 Å². The zero-order valence-electron chi connectivity index (χ0n) is 36.7. The van der Waals surface area contributed by atoms with Gasteiger partial charge < -0.3 is 50.6 Å². The highest BCUT2D eigenvalue weighted by atomic mass is 16.5. The van der Waals surface area contributed by atoms with Crippen molar-refractivity contribution in [2.45, 2.75) is 44.2 Å². The minimum absolute atomic E-state index is 0.0244. The van der Waals surface area contributed by atoms with Crippen LogP contribution in [-0.4, -0.2) is 124 Å². The van der Waals surface area contributed by atoms with E-state index in [1.54, 1.807) is 6.20 Å². The van der Waals surface area contributed by atoms with Gasteiger partial charge in [0, 0.05) is 95.5 Å². The third kappa shape index (κ3) is 7.49. The maximum atomic E-state index is 13.3. The Morgan fingerprint density at radius 2 is 1.36 bits per heavy atom. The first-order valence-electron chi connectivity index (χ1n) is 22.9. The van der Waals surface area contributed by atoms with Crippen LogP contribution in [0.1, 0.15) is 56.4 Å². The number of benzene rings is 2. The summed E-state index contributed by atoms with van der Waals surface area (Å²) >= 11 is 0. The number of nitrogens with one attached hydrogen (secondary N) is 5. The Hall–Kier alpha value is -7.15. The molecular weight excluding hydrogens is 835 g/mol. The predicted octanol–water partition coefficient (Wildman–Crippen LogP) is 4.36. The minimum Gasteiger partial charge on any atom is -0.371 e. The number of aromatic nitrogens is 6. The highest BCUT2D eigenvalue weighted by molar-refractivity contribution is 6.06. The molecule has 18 heteroatoms. The molecule has 6 aromatic rings. The molecule has 2 bridgehead atoms. The molecule has 2 amide bonds. The maximum Gasteiger partial charge on any atom is 0.254 e. The zero-order chi connectivity index (χ0) is 44.3. The van der Waals surface area contributed by atoms with Crippen molar-refractivity contribution >= 4 is 52.1 Å². The summed E-state index contributed by atoms with van der Waals surface area (Å²) in [6, 6.07) is 18.0. The van der Waals surface area contributed by atoms with Crippen LogP contribution in [0.4, 0.5) is 40.3 Å². The van der Waals surface area contributed by atoms with Gasteiger partial charge in [0.15, 0.2) is 0 Å². The number of morpholine rings is 1. The fourth-order valence-electron chi connectivity index (χ4n) is 10.4. The van der Waals surface area contributed by atoms with Gasteiger partial charge >= 0.3 is 0 Å². The molecule has 5 N–H and O–H groups in total. The Balaban J connectivity index is 0.729. The van der Waals surface area contributed by atoms with Crippen LogP contribution in [0, 0.1) is 0 Å². The predicted molar refractivity (Wildman–Crippen MR) is 251 cm³/mol. The van der Waals surface area contributed by atoms with Gasteiger partial charge in [0.2, 0.25) is 5.95 Å². The second-order valence-electron chi connectivity index (χ2n) is 17.9. The molecule has 4 aromatic heterocycles. The second-order valence-corrected chi connectivity index (χ2v) is 17.9. The lowest BCUT2D eigenvalue weighted by atomic mass is 9.98. The van der Waals surface area contributed by atoms with Gasteiger partial charge in [0.05, 0.1) is 87.9 Å². The van der Waals surface area contributed by atoms with Crippen molar-refractivity contribution in [3.8, 4) is 16.9 Å². The van der Waals surface area contributed by atoms with Crippen molar-refractivity contribution in [3.05, 3.63) is 114 Å². The summed E-state index contributed by atoms with van der Waals surface area (Å²) in [4.78, 5) is 59.7. The number of ether oxygens (including phenoxy) is 1. The molecule has 66 heavy (non-hydrogen) atoms. The highest BCUT2D eigenvalue weighted by Gasteiger charge is 2.36. The first-order chi connectivity index (χ1) is 32.4. The van der Waals surface area contributed by atoms with Crippen LogP contribution in [-0.2, 0) is 17.8 Å². The lowest BCUT2D eigenvalue weighted by molar-refractivity contribution is 0.0299. The number of rotatable bonds is 10. The summed E-state index contributed by atoms with van der Waals surface area (Å²) in [6.45, 7) is 8.64. The molecule has 3 unspecified atom stereocenters. The monoisotopic (exact) mass is 885 g/mol. The summed E-state index contributed by atoms with van der Waals surface area (Å²) in [5.74, 6) is 1.79. The summed E-state index contributed by atoms with van der Waals surface area (Å²) < 4.78 is 8.06. The van der Waals surface area contributed by atoms with Crippen LogP contribution in [0.2, 0.25) is 0 Å². The number of anilines is 7. The van der Waals surface area contributed by atoms with E-state index in [0.29, 0.717) is 47.5 Å². The van der Waals surface area contributed by atoms with Crippen molar-refractivity contribution in [1.82, 2.24) is 50.3 Å². The Kier molecular flexibility index (Phi) is 10.2. The number of nitrogens with zero attached hydrogens (tertiary/aromatic N) is 10. The first kappa shape index (κ1) is 40.4. The minimum atomic E-state index is -0.125. The molecule has 4 fully saturated rings. The van der Waals surface area contributed by atoms with Crippen LogP contribution >= 0.6 is 0 Å². The largest absolute Gasteiger partial charge is 0.371 e. The molecular formula is C48H51N15O3. The SMILES string of the molecule is CN1CCN(c2ccc(Nc3ccc(-c4ccnc(N5CC6CCC(C5)O6)n4)c4c3C(=O)NC4)nc2)CC1c1cn(-c2ccc(Nc3ccc(N4CCNCC4)cn3)c3c2CNC3=O)cn1. The Bertz CT molecular complexity index is 2820. The Labute approximate surface area is 381 Å². The third-order valence-electron chi connectivity index (χ3n) is 13.9. The number of likely N-dealkylation sites (N-methyl/N-ethyl adjacent to an activating group) is 1. The number of amides is 2. The van der Waals surface area contributed by atoms with Crippen molar-refractivity contribution in [1.29, 1.82) is 0 Å². The lowest BCUT2D eigenvalue weighted by Crippen LogP contribution is -2.46. The molecule has 6 aliphatic rings. The number of carbonyl (C=O) groups is 2. The number of fused-ring (bicyclic) bond motifs is 4. The van der Waals surface area contributed by atoms with E-state index in [9.17, 15) is 9.59 Å². The van der Waals surface area contributed by atoms with Gasteiger partial charge in [-0.3, -0.25) is 14.5 Å². The molecule has 0 spiro atoms. The number of hydrogen-bond acceptors (Lipinski definition) is 15. The van der Waals surface area contributed by atoms with Gasteiger partial charge in [-0.2, -0.15) is 0 Å². The fraction of sp³-hybridized carbons (Fsp3) is 0.354. The highest BCUT2D eigenvalue weighted by Crippen LogP contribution is 2.37. The quantitative estimate of drug-likeness (QED) is 0.131. The van der Waals surface area contributed by atoms with Crippen LogP contribution < -0.4 is 41.3 Å². The summed E-state index contributed by atoms with van der Waals surface area (Å²) in [5, 5.41) is 16.3. The van der Waals surface area contributed by atoms with E-state index >= 15 is 0 Å². The number of carbonyl (C=O) groups excluding carboxylic acids is 2. The first-order valence-corrected chi connectivity index (χ1v) is 22.9. The zero-order valence-corrected chi connectivity index (χ0v) is 36.7. The van der Waals surface area contributed by atoms with Gasteiger partial charge in [-0.05, 0) is 74.0 Å². The van der Waals surface area contributed by atoms with Gasteiger partial charge in [-0.1, -0.05) is 6.07 Å². The summed E-state index contributed by atoms with van der Waals surface area (Å²) in [7, 11) is 2.13. The molecule has 10 heterocycles. The van der Waals surface area contributed by atoms with Gasteiger partial charge in [0.25, 0.3) is 11.8 Å². The van der Waals surface area contributed by atoms with E-state index in [1.165, 1.54) is 0 Å². The van der Waals surface area contributed by atoms with Crippen molar-refractivity contribution in [3.63, 3.8) is 0 Å². The van der Waals surface area contributed by atoms with E-state index < -0.39 is 0 Å². The van der Waals surface area contributed by atoms with Crippen molar-refractivity contribution in [2.24, 2.45) is 0 Å². The van der Waals surface area contributed by atoms with Crippen molar-refractivity contribution in [2.75, 3.05) is 91.3 Å². The standard InChI is InChI=1S/C48H51N15O3/c1-59-18-19-61(27-41(59)39-26-63(28-55-39)40-9-8-38(45-35(40)23-54-47(45)65)57-42-10-2-29(20-51-42)60-16-14-49-15-17-60)30-3-11-43(52-21-30)56-37-7-6-33(34-22-53-46(64)44(34)37)36-12-13-50-48(58-36)62-24-31-4-5-32(25-62)66-31/h2-3,6-13,20-21,26,28,31-32,41,49H,4-5,14-19,22-25,27H2,1H3,(H,51,57)(H,52,56)(H,53,64)(H,54,65). The Morgan fingerprint density at radius 3 is 2.08 bits per heavy atom. The number of piperazine rings is 2. The number of hydrogen-bond donors (Lipinski definition) is 5. The normalized spacial score (nSPS) is 21.4. The number of imidazole rings is 1. The molecule has 336 valence electrons. The Morgan fingerprint density at radius 1 is 0.682 bits per heavy atom. The van der Waals surface area contributed by atoms with E-state index in [4.69, 9.17) is 19.7 Å². The van der Waals surface area contributed by atoms with Gasteiger partial charge in [0.1, 0.15) is 11.6 Å². The summed E-state index contributed by atoms with van der Waals surface area (Å²) in [5.41, 5.74) is 10.1. The average Bonchev–Trinajstić information content (AvgIpc) is 4.17. The fourth-order valence-corrected chi connectivity index (χ4v) is 10.4. The lowest BCUT2D eigenvalue weighted by Gasteiger charge is -2.39. The van der Waals surface area contributed by atoms with E-state index in [2.05, 4.69) is 81.5 Å². The molecule has 4 saturated heterocycles. The molecule has 0 radical (unpaired) electrons. The number of pyridine rings is 2. The van der Waals surface area contributed by atoms with E-state index in [0.717, 1.165) is 123 Å². The van der Waals surface area contributed by atoms with Crippen molar-refractivity contribution < 1.29 is 14.3 Å². The third-order valence-corrected chi connectivity index (χ3v) is 13.9. The maximum absolute atomic E-state index is 13.3. The second kappa shape index (κ2) is 16.7. The summed E-state index contributed by atoms with van der Waals surface area (Å²) in [6.07, 6.45) is 12.1. The van der Waals surface area contributed by atoms with Gasteiger partial charge in [-0.15, -0.1) is 0 Å². The molecule has 12 rings (SSSR count). The molecule has 18 nitrogen and oxygen atoms in total. The van der Waals surface area contributed by atoms with Crippen LogP contribution in [0.3, 0.4) is 0 Å². The van der Waals surface area contributed by atoms with E-state index in [-0.39, 0.29) is 30.1 Å². The molecule has 0 aliphatic carbocycles. The van der Waals surface area contributed by atoms with Gasteiger partial charge in [-0.25, -0.2) is 24.9 Å².